The van der Waals surface area contributed by atoms with Gasteiger partial charge in [-0.2, -0.15) is 0 Å². The van der Waals surface area contributed by atoms with E-state index in [0.717, 1.165) is 28.8 Å². The average Bonchev–Trinajstić information content (AvgIpc) is 2.54. The molecule has 2 aromatic rings. The summed E-state index contributed by atoms with van der Waals surface area (Å²) in [6, 6.07) is 9.61. The highest BCUT2D eigenvalue weighted by molar-refractivity contribution is 9.10. The number of carbonyl (C=O) groups excluding carboxylic acids is 1. The minimum absolute atomic E-state index is 0.105. The molecule has 1 amide bonds. The molecule has 0 bridgehead atoms. The molecule has 0 spiro atoms. The van der Waals surface area contributed by atoms with E-state index >= 15 is 0 Å². The monoisotopic (exact) mass is 376 g/mol. The lowest BCUT2D eigenvalue weighted by molar-refractivity contribution is 0.0952. The Morgan fingerprint density at radius 3 is 2.78 bits per heavy atom. The van der Waals surface area contributed by atoms with E-state index in [-0.39, 0.29) is 5.91 Å². The highest BCUT2D eigenvalue weighted by Crippen LogP contribution is 2.25. The maximum absolute atomic E-state index is 12.2. The Morgan fingerprint density at radius 2 is 2.04 bits per heavy atom. The maximum atomic E-state index is 12.2. The van der Waals surface area contributed by atoms with Crippen molar-refractivity contribution in [1.82, 2.24) is 15.2 Å². The zero-order chi connectivity index (χ0) is 16.7. The van der Waals surface area contributed by atoms with Crippen LogP contribution in [0.5, 0.6) is 0 Å². The second-order valence-corrected chi connectivity index (χ2v) is 6.33. The van der Waals surface area contributed by atoms with Gasteiger partial charge < -0.3 is 15.5 Å². The normalized spacial score (nSPS) is 10.6. The van der Waals surface area contributed by atoms with Crippen molar-refractivity contribution in [2.45, 2.75) is 6.42 Å². The summed E-state index contributed by atoms with van der Waals surface area (Å²) in [5.74, 6) is -0.105. The number of nitrogens with zero attached hydrogens (tertiary/aromatic N) is 2. The number of nitrogens with one attached hydrogen (secondary N) is 2. The van der Waals surface area contributed by atoms with Crippen molar-refractivity contribution < 1.29 is 4.79 Å². The zero-order valence-electron chi connectivity index (χ0n) is 13.3. The molecule has 0 saturated carbocycles. The van der Waals surface area contributed by atoms with Gasteiger partial charge in [0.15, 0.2) is 0 Å². The molecule has 0 unspecified atom stereocenters. The summed E-state index contributed by atoms with van der Waals surface area (Å²) < 4.78 is 0.957. The number of amides is 1. The van der Waals surface area contributed by atoms with Gasteiger partial charge in [0.25, 0.3) is 5.91 Å². The Balaban J connectivity index is 1.96. The zero-order valence-corrected chi connectivity index (χ0v) is 14.9. The van der Waals surface area contributed by atoms with Crippen LogP contribution in [0, 0.1) is 0 Å². The molecule has 0 aliphatic heterocycles. The van der Waals surface area contributed by atoms with Gasteiger partial charge in [0.2, 0.25) is 0 Å². The van der Waals surface area contributed by atoms with E-state index in [1.54, 1.807) is 18.5 Å². The van der Waals surface area contributed by atoms with Crippen LogP contribution in [0.25, 0.3) is 0 Å². The van der Waals surface area contributed by atoms with E-state index < -0.39 is 0 Å². The average molecular weight is 377 g/mol. The minimum atomic E-state index is -0.105. The number of halogens is 1. The van der Waals surface area contributed by atoms with Gasteiger partial charge in [-0.1, -0.05) is 12.1 Å². The summed E-state index contributed by atoms with van der Waals surface area (Å²) in [5, 5.41) is 6.17. The fourth-order valence-corrected chi connectivity index (χ4v) is 2.43. The Labute approximate surface area is 145 Å². The first-order chi connectivity index (χ1) is 11.1. The smallest absolute Gasteiger partial charge is 0.252 e. The second kappa shape index (κ2) is 8.64. The topological polar surface area (TPSA) is 57.3 Å². The first kappa shape index (κ1) is 17.4. The number of anilines is 2. The first-order valence-corrected chi connectivity index (χ1v) is 8.25. The molecule has 0 fully saturated rings. The van der Waals surface area contributed by atoms with E-state index in [9.17, 15) is 4.79 Å². The minimum Gasteiger partial charge on any atom is -0.353 e. The molecule has 0 aliphatic rings. The van der Waals surface area contributed by atoms with Gasteiger partial charge in [0.05, 0.1) is 23.1 Å². The van der Waals surface area contributed by atoms with Crippen molar-refractivity contribution >= 4 is 33.2 Å². The van der Waals surface area contributed by atoms with Gasteiger partial charge in [0, 0.05) is 17.2 Å². The van der Waals surface area contributed by atoms with Crippen LogP contribution in [-0.4, -0.2) is 43.0 Å². The van der Waals surface area contributed by atoms with E-state index in [4.69, 9.17) is 0 Å². The summed E-state index contributed by atoms with van der Waals surface area (Å²) in [5.41, 5.74) is 2.25. The molecule has 2 rings (SSSR count). The molecular weight excluding hydrogens is 356 g/mol. The van der Waals surface area contributed by atoms with Gasteiger partial charge in [-0.25, -0.2) is 0 Å². The fraction of sp³-hybridized carbons (Fsp3) is 0.294. The molecule has 122 valence electrons. The lowest BCUT2D eigenvalue weighted by Crippen LogP contribution is -2.27. The van der Waals surface area contributed by atoms with Crippen LogP contribution >= 0.6 is 15.9 Å². The fourth-order valence-electron chi connectivity index (χ4n) is 2.05. The SMILES string of the molecule is CN(C)CCCNC(=O)c1cncc(Nc2ccccc2Br)c1. The molecule has 23 heavy (non-hydrogen) atoms. The quantitative estimate of drug-likeness (QED) is 0.728. The summed E-state index contributed by atoms with van der Waals surface area (Å²) >= 11 is 3.49. The van der Waals surface area contributed by atoms with Crippen molar-refractivity contribution in [1.29, 1.82) is 0 Å². The number of benzene rings is 1. The van der Waals surface area contributed by atoms with Gasteiger partial charge in [-0.3, -0.25) is 9.78 Å². The molecule has 2 N–H and O–H groups in total. The van der Waals surface area contributed by atoms with Crippen molar-refractivity contribution in [3.8, 4) is 0 Å². The molecule has 1 aromatic carbocycles. The number of pyridine rings is 1. The third-order valence-electron chi connectivity index (χ3n) is 3.22. The first-order valence-electron chi connectivity index (χ1n) is 7.46. The summed E-state index contributed by atoms with van der Waals surface area (Å²) in [6.45, 7) is 1.60. The number of para-hydroxylation sites is 1. The lowest BCUT2D eigenvalue weighted by atomic mass is 10.2. The number of hydrogen-bond acceptors (Lipinski definition) is 4. The molecular formula is C17H21BrN4O. The third kappa shape index (κ3) is 5.65. The van der Waals surface area contributed by atoms with E-state index in [1.807, 2.05) is 38.4 Å². The number of hydrogen-bond donors (Lipinski definition) is 2. The van der Waals surface area contributed by atoms with Gasteiger partial charge >= 0.3 is 0 Å². The highest BCUT2D eigenvalue weighted by Gasteiger charge is 2.07. The standard InChI is InChI=1S/C17H21BrN4O/c1-22(2)9-5-8-20-17(23)13-10-14(12-19-11-13)21-16-7-4-3-6-15(16)18/h3-4,6-7,10-12,21H,5,8-9H2,1-2H3,(H,20,23). The predicted octanol–water partition coefficient (Wildman–Crippen LogP) is 3.27. The summed E-state index contributed by atoms with van der Waals surface area (Å²) in [6.07, 6.45) is 4.19. The van der Waals surface area contributed by atoms with Crippen LogP contribution in [0.1, 0.15) is 16.8 Å². The van der Waals surface area contributed by atoms with Crippen LogP contribution in [0.4, 0.5) is 11.4 Å². The number of rotatable bonds is 7. The molecule has 1 heterocycles. The number of aromatic nitrogens is 1. The van der Waals surface area contributed by atoms with Crippen molar-refractivity contribution in [2.24, 2.45) is 0 Å². The van der Waals surface area contributed by atoms with Gasteiger partial charge in [-0.05, 0) is 61.2 Å². The van der Waals surface area contributed by atoms with Crippen LogP contribution < -0.4 is 10.6 Å². The van der Waals surface area contributed by atoms with Crippen molar-refractivity contribution in [3.63, 3.8) is 0 Å². The van der Waals surface area contributed by atoms with E-state index in [2.05, 4.69) is 36.4 Å². The van der Waals surface area contributed by atoms with Crippen LogP contribution in [0.2, 0.25) is 0 Å². The predicted molar refractivity (Wildman–Crippen MR) is 97.2 cm³/mol. The van der Waals surface area contributed by atoms with Gasteiger partial charge in [0.1, 0.15) is 0 Å². The molecule has 5 nitrogen and oxygen atoms in total. The van der Waals surface area contributed by atoms with Crippen LogP contribution in [0.3, 0.4) is 0 Å². The van der Waals surface area contributed by atoms with Crippen molar-refractivity contribution in [2.75, 3.05) is 32.5 Å². The summed E-state index contributed by atoms with van der Waals surface area (Å²) in [4.78, 5) is 18.4. The van der Waals surface area contributed by atoms with E-state index in [1.165, 1.54) is 0 Å². The third-order valence-corrected chi connectivity index (χ3v) is 3.91. The van der Waals surface area contributed by atoms with Gasteiger partial charge in [-0.15, -0.1) is 0 Å². The molecule has 0 aliphatic carbocycles. The van der Waals surface area contributed by atoms with Crippen molar-refractivity contribution in [3.05, 3.63) is 52.8 Å². The number of carbonyl (C=O) groups is 1. The van der Waals surface area contributed by atoms with E-state index in [0.29, 0.717) is 12.1 Å². The summed E-state index contributed by atoms with van der Waals surface area (Å²) in [7, 11) is 4.03. The molecule has 0 radical (unpaired) electrons. The Kier molecular flexibility index (Phi) is 6.55. The maximum Gasteiger partial charge on any atom is 0.252 e. The Bertz CT molecular complexity index is 661. The second-order valence-electron chi connectivity index (χ2n) is 5.48. The Morgan fingerprint density at radius 1 is 1.26 bits per heavy atom. The lowest BCUT2D eigenvalue weighted by Gasteiger charge is -2.11. The molecule has 0 saturated heterocycles. The van der Waals surface area contributed by atoms with Crippen LogP contribution in [-0.2, 0) is 0 Å². The largest absolute Gasteiger partial charge is 0.353 e. The Hall–Kier alpha value is -1.92. The molecule has 6 heteroatoms. The van der Waals surface area contributed by atoms with Crippen LogP contribution in [0.15, 0.2) is 47.2 Å². The highest BCUT2D eigenvalue weighted by atomic mass is 79.9. The molecule has 1 aromatic heterocycles. The molecule has 0 atom stereocenters.